The van der Waals surface area contributed by atoms with E-state index in [1.807, 2.05) is 0 Å². The fourth-order valence-corrected chi connectivity index (χ4v) is 2.28. The van der Waals surface area contributed by atoms with E-state index in [1.165, 1.54) is 17.1 Å². The number of nitrogens with zero attached hydrogens (tertiary/aromatic N) is 2. The van der Waals surface area contributed by atoms with Gasteiger partial charge in [-0.15, -0.1) is 0 Å². The number of aromatic nitrogens is 2. The molecule has 160 valence electrons. The first-order valence-corrected chi connectivity index (χ1v) is 8.86. The second kappa shape index (κ2) is 10.3. The Morgan fingerprint density at radius 2 is 1.96 bits per heavy atom. The number of carboxylic acids is 1. The number of hydrogen-bond donors (Lipinski definition) is 3. The third-order valence-electron chi connectivity index (χ3n) is 3.46. The minimum absolute atomic E-state index is 0.0635. The monoisotopic (exact) mass is 408 g/mol. The highest BCUT2D eigenvalue weighted by Crippen LogP contribution is 2.21. The molecule has 0 spiro atoms. The summed E-state index contributed by atoms with van der Waals surface area (Å²) in [5.74, 6) is -1.09. The van der Waals surface area contributed by atoms with Crippen LogP contribution in [0.15, 0.2) is 12.5 Å². The molecule has 0 fully saturated rings. The molecule has 0 saturated carbocycles. The Hall–Kier alpha value is -2.30. The number of nitrogens with one attached hydrogen (secondary N) is 2. The molecule has 0 unspecified atom stereocenters. The van der Waals surface area contributed by atoms with E-state index in [0.29, 0.717) is 5.69 Å². The standard InChI is InChI=1S/C17H27F3N4O4/c1-16(2,3)28-15(27)22-7-6-21-13(14(25)26)9-12-10-24(11-23-12)8-4-5-17(18,19)20/h10-11,13,21H,4-9H2,1-3H3,(H,22,27)(H,25,26)/t13-/m0/s1. The summed E-state index contributed by atoms with van der Waals surface area (Å²) in [6.45, 7) is 5.71. The lowest BCUT2D eigenvalue weighted by Crippen LogP contribution is -2.43. The van der Waals surface area contributed by atoms with Crippen LogP contribution < -0.4 is 10.6 Å². The van der Waals surface area contributed by atoms with Crippen LogP contribution in [0.5, 0.6) is 0 Å². The fraction of sp³-hybridized carbons (Fsp3) is 0.706. The molecule has 1 rings (SSSR count). The van der Waals surface area contributed by atoms with Gasteiger partial charge in [-0.2, -0.15) is 13.2 Å². The van der Waals surface area contributed by atoms with E-state index < -0.39 is 36.3 Å². The zero-order valence-electron chi connectivity index (χ0n) is 16.2. The van der Waals surface area contributed by atoms with E-state index >= 15 is 0 Å². The van der Waals surface area contributed by atoms with Crippen molar-refractivity contribution in [1.82, 2.24) is 20.2 Å². The lowest BCUT2D eigenvalue weighted by atomic mass is 10.1. The van der Waals surface area contributed by atoms with Gasteiger partial charge in [-0.3, -0.25) is 4.79 Å². The summed E-state index contributed by atoms with van der Waals surface area (Å²) in [6.07, 6.45) is -2.77. The first-order valence-electron chi connectivity index (χ1n) is 8.86. The van der Waals surface area contributed by atoms with Gasteiger partial charge >= 0.3 is 18.2 Å². The van der Waals surface area contributed by atoms with Crippen LogP contribution in [0.25, 0.3) is 0 Å². The minimum Gasteiger partial charge on any atom is -0.480 e. The molecule has 0 aliphatic carbocycles. The molecule has 8 nitrogen and oxygen atoms in total. The molecule has 0 aliphatic rings. The highest BCUT2D eigenvalue weighted by Gasteiger charge is 2.26. The lowest BCUT2D eigenvalue weighted by Gasteiger charge is -2.20. The average molecular weight is 408 g/mol. The number of ether oxygens (including phenoxy) is 1. The van der Waals surface area contributed by atoms with E-state index in [2.05, 4.69) is 15.6 Å². The van der Waals surface area contributed by atoms with Crippen LogP contribution in [0.4, 0.5) is 18.0 Å². The molecule has 1 atom stereocenters. The van der Waals surface area contributed by atoms with E-state index in [1.54, 1.807) is 20.8 Å². The number of aliphatic carboxylic acids is 1. The van der Waals surface area contributed by atoms with Crippen LogP contribution in [0.3, 0.4) is 0 Å². The van der Waals surface area contributed by atoms with Gasteiger partial charge in [0.15, 0.2) is 0 Å². The molecule has 0 aliphatic heterocycles. The third-order valence-corrected chi connectivity index (χ3v) is 3.46. The van der Waals surface area contributed by atoms with Gasteiger partial charge in [-0.1, -0.05) is 0 Å². The number of carbonyl (C=O) groups excluding carboxylic acids is 1. The van der Waals surface area contributed by atoms with Crippen LogP contribution >= 0.6 is 0 Å². The van der Waals surface area contributed by atoms with Crippen molar-refractivity contribution in [3.63, 3.8) is 0 Å². The van der Waals surface area contributed by atoms with Crippen molar-refractivity contribution in [2.75, 3.05) is 13.1 Å². The maximum absolute atomic E-state index is 12.2. The number of alkyl carbamates (subject to hydrolysis) is 1. The van der Waals surface area contributed by atoms with Crippen LogP contribution in [0.2, 0.25) is 0 Å². The van der Waals surface area contributed by atoms with E-state index in [4.69, 9.17) is 4.74 Å². The molecule has 1 aromatic heterocycles. The second-order valence-electron chi connectivity index (χ2n) is 7.30. The summed E-state index contributed by atoms with van der Waals surface area (Å²) in [4.78, 5) is 26.9. The topological polar surface area (TPSA) is 105 Å². The summed E-state index contributed by atoms with van der Waals surface area (Å²) in [6, 6.07) is -0.945. The Kier molecular flexibility index (Phi) is 8.73. The largest absolute Gasteiger partial charge is 0.480 e. The van der Waals surface area contributed by atoms with Crippen LogP contribution in [0, 0.1) is 0 Å². The molecule has 0 aromatic carbocycles. The quantitative estimate of drug-likeness (QED) is 0.513. The normalized spacial score (nSPS) is 13.2. The van der Waals surface area contributed by atoms with E-state index in [0.717, 1.165) is 0 Å². The molecule has 0 radical (unpaired) electrons. The number of carboxylic acid groups (broad SMARTS) is 1. The van der Waals surface area contributed by atoms with E-state index in [-0.39, 0.29) is 32.5 Å². The highest BCUT2D eigenvalue weighted by molar-refractivity contribution is 5.73. The zero-order valence-corrected chi connectivity index (χ0v) is 16.2. The van der Waals surface area contributed by atoms with Crippen molar-refractivity contribution in [2.45, 2.75) is 64.4 Å². The summed E-state index contributed by atoms with van der Waals surface area (Å²) >= 11 is 0. The first kappa shape index (κ1) is 23.7. The molecule has 0 bridgehead atoms. The van der Waals surface area contributed by atoms with Crippen LogP contribution in [0.1, 0.15) is 39.3 Å². The molecule has 1 aromatic rings. The average Bonchev–Trinajstić information content (AvgIpc) is 2.94. The first-order chi connectivity index (χ1) is 12.9. The number of amides is 1. The minimum atomic E-state index is -4.20. The maximum atomic E-state index is 12.2. The van der Waals surface area contributed by atoms with Crippen LogP contribution in [-0.4, -0.2) is 57.6 Å². The highest BCUT2D eigenvalue weighted by atomic mass is 19.4. The number of halogens is 3. The molecular formula is C17H27F3N4O4. The number of imidazole rings is 1. The number of hydrogen-bond acceptors (Lipinski definition) is 5. The Bertz CT molecular complexity index is 641. The predicted octanol–water partition coefficient (Wildman–Crippen LogP) is 2.34. The summed E-state index contributed by atoms with van der Waals surface area (Å²) in [7, 11) is 0. The van der Waals surface area contributed by atoms with Crippen molar-refractivity contribution in [1.29, 1.82) is 0 Å². The summed E-state index contributed by atoms with van der Waals surface area (Å²) in [5.41, 5.74) is -0.174. The molecule has 3 N–H and O–H groups in total. The Morgan fingerprint density at radius 1 is 1.29 bits per heavy atom. The third kappa shape index (κ3) is 10.8. The van der Waals surface area contributed by atoms with Gasteiger partial charge in [0.05, 0.1) is 12.0 Å². The Morgan fingerprint density at radius 3 is 2.54 bits per heavy atom. The van der Waals surface area contributed by atoms with Crippen molar-refractivity contribution in [2.24, 2.45) is 0 Å². The molecule has 28 heavy (non-hydrogen) atoms. The Balaban J connectivity index is 2.40. The van der Waals surface area contributed by atoms with Gasteiger partial charge in [0.2, 0.25) is 0 Å². The molecular weight excluding hydrogens is 381 g/mol. The molecule has 11 heteroatoms. The van der Waals surface area contributed by atoms with Gasteiger partial charge in [0.25, 0.3) is 0 Å². The second-order valence-corrected chi connectivity index (χ2v) is 7.30. The van der Waals surface area contributed by atoms with Crippen LogP contribution in [-0.2, 0) is 22.5 Å². The lowest BCUT2D eigenvalue weighted by molar-refractivity contribution is -0.139. The molecule has 0 saturated heterocycles. The molecule has 1 amide bonds. The fourth-order valence-electron chi connectivity index (χ4n) is 2.28. The van der Waals surface area contributed by atoms with Gasteiger partial charge in [0.1, 0.15) is 11.6 Å². The summed E-state index contributed by atoms with van der Waals surface area (Å²) in [5, 5.41) is 14.6. The zero-order chi connectivity index (χ0) is 21.4. The number of rotatable bonds is 10. The predicted molar refractivity (Wildman–Crippen MR) is 94.9 cm³/mol. The van der Waals surface area contributed by atoms with Crippen molar-refractivity contribution in [3.8, 4) is 0 Å². The van der Waals surface area contributed by atoms with Gasteiger partial charge in [-0.05, 0) is 27.2 Å². The van der Waals surface area contributed by atoms with Crippen molar-refractivity contribution >= 4 is 12.1 Å². The Labute approximate surface area is 161 Å². The summed E-state index contributed by atoms with van der Waals surface area (Å²) < 4.78 is 43.1. The van der Waals surface area contributed by atoms with Crippen molar-refractivity contribution in [3.05, 3.63) is 18.2 Å². The number of carbonyl (C=O) groups is 2. The SMILES string of the molecule is CC(C)(C)OC(=O)NCCN[C@@H](Cc1cn(CCCC(F)(F)F)cn1)C(=O)O. The molecule has 1 heterocycles. The van der Waals surface area contributed by atoms with Gasteiger partial charge in [-0.25, -0.2) is 9.78 Å². The number of alkyl halides is 3. The van der Waals surface area contributed by atoms with E-state index in [9.17, 15) is 27.9 Å². The smallest absolute Gasteiger partial charge is 0.407 e. The maximum Gasteiger partial charge on any atom is 0.407 e. The number of aryl methyl sites for hydroxylation is 1. The van der Waals surface area contributed by atoms with Gasteiger partial charge in [0, 0.05) is 38.7 Å². The van der Waals surface area contributed by atoms with Gasteiger partial charge < -0.3 is 25.0 Å². The van der Waals surface area contributed by atoms with Crippen molar-refractivity contribution < 1.29 is 32.6 Å².